The third-order valence-corrected chi connectivity index (χ3v) is 3.65. The SMILES string of the molecule is CCCCC1=C(c2ccc(O)c(F)c2)C(N=O)CC1. The van der Waals surface area contributed by atoms with Gasteiger partial charge in [0, 0.05) is 0 Å². The number of hydrogen-bond acceptors (Lipinski definition) is 3. The number of unbranched alkanes of at least 4 members (excludes halogenated alkanes) is 1. The van der Waals surface area contributed by atoms with Crippen molar-refractivity contribution in [3.8, 4) is 5.75 Å². The highest BCUT2D eigenvalue weighted by Gasteiger charge is 2.27. The van der Waals surface area contributed by atoms with Gasteiger partial charge >= 0.3 is 0 Å². The number of phenolic OH excluding ortho intramolecular Hbond substituents is 1. The Labute approximate surface area is 112 Å². The third kappa shape index (κ3) is 2.83. The lowest BCUT2D eigenvalue weighted by Gasteiger charge is -2.11. The van der Waals surface area contributed by atoms with Crippen molar-refractivity contribution in [2.75, 3.05) is 0 Å². The van der Waals surface area contributed by atoms with Gasteiger partial charge in [-0.15, -0.1) is 0 Å². The summed E-state index contributed by atoms with van der Waals surface area (Å²) in [7, 11) is 0. The second kappa shape index (κ2) is 5.95. The molecule has 0 aromatic heterocycles. The summed E-state index contributed by atoms with van der Waals surface area (Å²) in [5.74, 6) is -1.02. The smallest absolute Gasteiger partial charge is 0.165 e. The van der Waals surface area contributed by atoms with Crippen LogP contribution in [0.5, 0.6) is 5.75 Å². The standard InChI is InChI=1S/C15H18FNO2/c1-2-3-4-10-5-7-13(17-19)15(10)11-6-8-14(18)12(16)9-11/h6,8-9,13,18H,2-5,7H2,1H3. The van der Waals surface area contributed by atoms with E-state index in [1.165, 1.54) is 17.7 Å². The van der Waals surface area contributed by atoms with Gasteiger partial charge in [0.05, 0.1) is 0 Å². The molecule has 1 aliphatic rings. The fourth-order valence-corrected chi connectivity index (χ4v) is 2.65. The summed E-state index contributed by atoms with van der Waals surface area (Å²) in [6.45, 7) is 2.12. The molecule has 0 heterocycles. The van der Waals surface area contributed by atoms with Crippen LogP contribution in [0.3, 0.4) is 0 Å². The van der Waals surface area contributed by atoms with Crippen molar-refractivity contribution < 1.29 is 9.50 Å². The molecule has 0 saturated heterocycles. The Kier molecular flexibility index (Phi) is 4.30. The van der Waals surface area contributed by atoms with Crippen molar-refractivity contribution in [1.29, 1.82) is 0 Å². The molecule has 4 heteroatoms. The lowest BCUT2D eigenvalue weighted by Crippen LogP contribution is -2.02. The Bertz CT molecular complexity index is 511. The molecule has 3 nitrogen and oxygen atoms in total. The molecular formula is C15H18FNO2. The zero-order chi connectivity index (χ0) is 13.8. The average molecular weight is 263 g/mol. The highest BCUT2D eigenvalue weighted by Crippen LogP contribution is 2.39. The molecule has 1 aromatic rings. The zero-order valence-electron chi connectivity index (χ0n) is 11.0. The van der Waals surface area contributed by atoms with Crippen molar-refractivity contribution in [2.24, 2.45) is 5.18 Å². The third-order valence-electron chi connectivity index (χ3n) is 3.65. The van der Waals surface area contributed by atoms with E-state index in [-0.39, 0.29) is 11.8 Å². The lowest BCUT2D eigenvalue weighted by atomic mass is 9.96. The predicted octanol–water partition coefficient (Wildman–Crippen LogP) is 4.40. The van der Waals surface area contributed by atoms with Crippen molar-refractivity contribution in [2.45, 2.75) is 45.1 Å². The number of benzene rings is 1. The molecule has 102 valence electrons. The van der Waals surface area contributed by atoms with Gasteiger partial charge in [0.2, 0.25) is 0 Å². The minimum atomic E-state index is -0.656. The Balaban J connectivity index is 2.39. The molecule has 0 spiro atoms. The quantitative estimate of drug-likeness (QED) is 0.800. The first-order chi connectivity index (χ1) is 9.17. The molecule has 2 rings (SSSR count). The van der Waals surface area contributed by atoms with Crippen LogP contribution in [0.2, 0.25) is 0 Å². The van der Waals surface area contributed by atoms with Gasteiger partial charge in [-0.05, 0) is 49.0 Å². The highest BCUT2D eigenvalue weighted by atomic mass is 19.1. The summed E-state index contributed by atoms with van der Waals surface area (Å²) in [5.41, 5.74) is 2.74. The largest absolute Gasteiger partial charge is 0.505 e. The lowest BCUT2D eigenvalue weighted by molar-refractivity contribution is 0.432. The summed E-state index contributed by atoms with van der Waals surface area (Å²) >= 11 is 0. The van der Waals surface area contributed by atoms with Crippen LogP contribution >= 0.6 is 0 Å². The van der Waals surface area contributed by atoms with Crippen LogP contribution in [0.4, 0.5) is 4.39 Å². The summed E-state index contributed by atoms with van der Waals surface area (Å²) in [6, 6.07) is 3.90. The van der Waals surface area contributed by atoms with Gasteiger partial charge in [-0.3, -0.25) is 0 Å². The number of phenols is 1. The first kappa shape index (κ1) is 13.7. The minimum Gasteiger partial charge on any atom is -0.505 e. The molecule has 0 fully saturated rings. The Morgan fingerprint density at radius 1 is 1.47 bits per heavy atom. The van der Waals surface area contributed by atoms with Gasteiger partial charge in [-0.2, -0.15) is 4.91 Å². The molecule has 19 heavy (non-hydrogen) atoms. The van der Waals surface area contributed by atoms with Gasteiger partial charge in [0.15, 0.2) is 11.6 Å². The predicted molar refractivity (Wildman–Crippen MR) is 73.3 cm³/mol. The summed E-state index contributed by atoms with van der Waals surface area (Å²) < 4.78 is 13.5. The first-order valence-electron chi connectivity index (χ1n) is 6.70. The fraction of sp³-hybridized carbons (Fsp3) is 0.467. The molecule has 0 aliphatic heterocycles. The molecule has 1 atom stereocenters. The molecule has 0 radical (unpaired) electrons. The molecule has 1 aromatic carbocycles. The van der Waals surface area contributed by atoms with Crippen LogP contribution < -0.4 is 0 Å². The average Bonchev–Trinajstić information content (AvgIpc) is 2.82. The van der Waals surface area contributed by atoms with E-state index in [9.17, 15) is 14.4 Å². The first-order valence-corrected chi connectivity index (χ1v) is 6.70. The molecule has 1 aliphatic carbocycles. The molecular weight excluding hydrogens is 245 g/mol. The number of nitrogens with zero attached hydrogens (tertiary/aromatic N) is 1. The number of rotatable bonds is 5. The van der Waals surface area contributed by atoms with Gasteiger partial charge in [-0.1, -0.05) is 30.2 Å². The topological polar surface area (TPSA) is 49.7 Å². The Hall–Kier alpha value is -1.71. The van der Waals surface area contributed by atoms with Crippen molar-refractivity contribution in [3.05, 3.63) is 40.1 Å². The normalized spacial score (nSPS) is 18.9. The van der Waals surface area contributed by atoms with Crippen LogP contribution in [-0.2, 0) is 0 Å². The molecule has 0 bridgehead atoms. The van der Waals surface area contributed by atoms with Gasteiger partial charge in [-0.25, -0.2) is 4.39 Å². The van der Waals surface area contributed by atoms with E-state index >= 15 is 0 Å². The van der Waals surface area contributed by atoms with Gasteiger partial charge < -0.3 is 5.11 Å². The van der Waals surface area contributed by atoms with Crippen LogP contribution in [0.15, 0.2) is 28.9 Å². The van der Waals surface area contributed by atoms with Crippen molar-refractivity contribution in [1.82, 2.24) is 0 Å². The van der Waals surface area contributed by atoms with E-state index < -0.39 is 5.82 Å². The highest BCUT2D eigenvalue weighted by molar-refractivity contribution is 5.75. The second-order valence-corrected chi connectivity index (χ2v) is 4.95. The van der Waals surface area contributed by atoms with E-state index in [2.05, 4.69) is 12.1 Å². The number of hydrogen-bond donors (Lipinski definition) is 1. The van der Waals surface area contributed by atoms with Gasteiger partial charge in [0.25, 0.3) is 0 Å². The van der Waals surface area contributed by atoms with Crippen LogP contribution in [0, 0.1) is 10.7 Å². The summed E-state index contributed by atoms with van der Waals surface area (Å²) in [5, 5.41) is 12.4. The number of nitroso groups, excluding NO2 is 1. The molecule has 0 saturated carbocycles. The fourth-order valence-electron chi connectivity index (χ4n) is 2.65. The number of aromatic hydroxyl groups is 1. The van der Waals surface area contributed by atoms with E-state index in [1.807, 2.05) is 0 Å². The van der Waals surface area contributed by atoms with Crippen molar-refractivity contribution >= 4 is 5.57 Å². The minimum absolute atomic E-state index is 0.368. The number of allylic oxidation sites excluding steroid dienone is 1. The molecule has 1 unspecified atom stereocenters. The van der Waals surface area contributed by atoms with E-state index in [1.54, 1.807) is 6.07 Å². The maximum atomic E-state index is 13.5. The van der Waals surface area contributed by atoms with E-state index in [4.69, 9.17) is 0 Å². The molecule has 0 amide bonds. The Morgan fingerprint density at radius 2 is 2.26 bits per heavy atom. The van der Waals surface area contributed by atoms with Crippen LogP contribution in [-0.4, -0.2) is 11.1 Å². The van der Waals surface area contributed by atoms with E-state index in [0.717, 1.165) is 31.3 Å². The van der Waals surface area contributed by atoms with Crippen molar-refractivity contribution in [3.63, 3.8) is 0 Å². The Morgan fingerprint density at radius 3 is 2.89 bits per heavy atom. The summed E-state index contributed by atoms with van der Waals surface area (Å²) in [4.78, 5) is 10.9. The maximum Gasteiger partial charge on any atom is 0.165 e. The summed E-state index contributed by atoms with van der Waals surface area (Å²) in [6.07, 6.45) is 4.64. The maximum absolute atomic E-state index is 13.5. The monoisotopic (exact) mass is 263 g/mol. The van der Waals surface area contributed by atoms with Gasteiger partial charge in [0.1, 0.15) is 6.04 Å². The van der Waals surface area contributed by atoms with Crippen LogP contribution in [0.25, 0.3) is 5.57 Å². The molecule has 1 N–H and O–H groups in total. The van der Waals surface area contributed by atoms with E-state index in [0.29, 0.717) is 12.0 Å². The van der Waals surface area contributed by atoms with Crippen LogP contribution in [0.1, 0.15) is 44.6 Å². The number of halogens is 1. The second-order valence-electron chi connectivity index (χ2n) is 4.95. The zero-order valence-corrected chi connectivity index (χ0v) is 11.0.